The van der Waals surface area contributed by atoms with Crippen molar-refractivity contribution in [1.82, 2.24) is 9.88 Å². The van der Waals surface area contributed by atoms with Gasteiger partial charge in [-0.15, -0.1) is 11.3 Å². The van der Waals surface area contributed by atoms with Crippen LogP contribution in [0.4, 0.5) is 5.69 Å². The number of fused-ring (bicyclic) bond motifs is 1. The number of thiophene rings is 1. The number of carbonyl (C=O) groups is 1. The lowest BCUT2D eigenvalue weighted by molar-refractivity contribution is 0.0772. The molecule has 20 heavy (non-hydrogen) atoms. The zero-order chi connectivity index (χ0) is 14.3. The fourth-order valence-corrected chi connectivity index (χ4v) is 3.70. The summed E-state index contributed by atoms with van der Waals surface area (Å²) in [5.74, 6) is 0.0253. The number of nitrogens with zero attached hydrogens (tertiary/aromatic N) is 2. The van der Waals surface area contributed by atoms with Gasteiger partial charge in [0.2, 0.25) is 0 Å². The van der Waals surface area contributed by atoms with Crippen molar-refractivity contribution in [3.8, 4) is 0 Å². The van der Waals surface area contributed by atoms with Crippen LogP contribution in [0.1, 0.15) is 28.6 Å². The van der Waals surface area contributed by atoms with Crippen LogP contribution in [-0.4, -0.2) is 28.9 Å². The van der Waals surface area contributed by atoms with Gasteiger partial charge in [0.25, 0.3) is 5.91 Å². The van der Waals surface area contributed by atoms with Crippen molar-refractivity contribution in [1.29, 1.82) is 0 Å². The summed E-state index contributed by atoms with van der Waals surface area (Å²) in [5, 5.41) is 0.921. The molecule has 0 aliphatic carbocycles. The normalized spacial score (nSPS) is 15.5. The van der Waals surface area contributed by atoms with Crippen molar-refractivity contribution < 1.29 is 4.79 Å². The van der Waals surface area contributed by atoms with E-state index in [-0.39, 0.29) is 5.91 Å². The van der Waals surface area contributed by atoms with Gasteiger partial charge in [-0.3, -0.25) is 4.79 Å². The number of rotatable bonds is 1. The third-order valence-corrected chi connectivity index (χ3v) is 4.75. The highest BCUT2D eigenvalue weighted by molar-refractivity contribution is 7.21. The molecule has 3 heterocycles. The maximum absolute atomic E-state index is 12.6. The van der Waals surface area contributed by atoms with Crippen LogP contribution in [0.15, 0.2) is 23.9 Å². The maximum atomic E-state index is 12.6. The quantitative estimate of drug-likeness (QED) is 0.820. The first-order valence-electron chi connectivity index (χ1n) is 6.66. The van der Waals surface area contributed by atoms with Gasteiger partial charge < -0.3 is 10.6 Å². The van der Waals surface area contributed by atoms with Crippen molar-refractivity contribution in [3.63, 3.8) is 0 Å². The van der Waals surface area contributed by atoms with Gasteiger partial charge in [-0.25, -0.2) is 4.98 Å². The van der Waals surface area contributed by atoms with Crippen LogP contribution in [0.3, 0.4) is 0 Å². The molecule has 0 saturated heterocycles. The lowest BCUT2D eigenvalue weighted by Gasteiger charge is -2.25. The Morgan fingerprint density at radius 3 is 2.95 bits per heavy atom. The monoisotopic (exact) mass is 287 g/mol. The van der Waals surface area contributed by atoms with Gasteiger partial charge in [0, 0.05) is 24.7 Å². The van der Waals surface area contributed by atoms with Crippen molar-refractivity contribution in [2.45, 2.75) is 20.3 Å². The van der Waals surface area contributed by atoms with Crippen LogP contribution < -0.4 is 5.73 Å². The Hall–Kier alpha value is -1.88. The number of aromatic nitrogens is 1. The molecular weight excluding hydrogens is 270 g/mol. The van der Waals surface area contributed by atoms with Crippen molar-refractivity contribution >= 4 is 33.1 Å². The van der Waals surface area contributed by atoms with E-state index >= 15 is 0 Å². The molecule has 3 rings (SSSR count). The molecule has 2 aromatic rings. The van der Waals surface area contributed by atoms with Gasteiger partial charge in [0.15, 0.2) is 0 Å². The van der Waals surface area contributed by atoms with E-state index in [1.54, 1.807) is 6.20 Å². The first-order chi connectivity index (χ1) is 9.58. The van der Waals surface area contributed by atoms with E-state index in [1.165, 1.54) is 16.9 Å². The van der Waals surface area contributed by atoms with E-state index in [1.807, 2.05) is 17.9 Å². The van der Waals surface area contributed by atoms with E-state index in [0.29, 0.717) is 17.1 Å². The Morgan fingerprint density at radius 1 is 1.45 bits per heavy atom. The minimum atomic E-state index is 0.0253. The highest BCUT2D eigenvalue weighted by Gasteiger charge is 2.24. The van der Waals surface area contributed by atoms with Crippen LogP contribution in [0.25, 0.3) is 10.2 Å². The summed E-state index contributed by atoms with van der Waals surface area (Å²) in [7, 11) is 0. The number of anilines is 1. The van der Waals surface area contributed by atoms with E-state index in [0.717, 1.165) is 28.7 Å². The fraction of sp³-hybridized carbons (Fsp3) is 0.333. The Morgan fingerprint density at radius 2 is 2.25 bits per heavy atom. The second-order valence-electron chi connectivity index (χ2n) is 5.22. The van der Waals surface area contributed by atoms with Crippen molar-refractivity contribution in [2.75, 3.05) is 18.8 Å². The molecule has 0 fully saturated rings. The summed E-state index contributed by atoms with van der Waals surface area (Å²) in [6.07, 6.45) is 4.86. The zero-order valence-electron chi connectivity index (χ0n) is 11.6. The van der Waals surface area contributed by atoms with Crippen LogP contribution in [0.2, 0.25) is 0 Å². The number of hydrogen-bond acceptors (Lipinski definition) is 4. The molecule has 1 aliphatic heterocycles. The number of hydrogen-bond donors (Lipinski definition) is 1. The van der Waals surface area contributed by atoms with Gasteiger partial charge in [-0.05, 0) is 31.9 Å². The SMILES string of the molecule is CC1=CCCN(C(=O)c2sc3nccc(C)c3c2N)C1. The third kappa shape index (κ3) is 2.08. The smallest absolute Gasteiger partial charge is 0.266 e. The minimum absolute atomic E-state index is 0.0253. The van der Waals surface area contributed by atoms with Gasteiger partial charge in [-0.2, -0.15) is 0 Å². The average Bonchev–Trinajstić information content (AvgIpc) is 2.76. The second kappa shape index (κ2) is 4.90. The van der Waals surface area contributed by atoms with Gasteiger partial charge >= 0.3 is 0 Å². The van der Waals surface area contributed by atoms with Gasteiger partial charge in [-0.1, -0.05) is 11.6 Å². The maximum Gasteiger partial charge on any atom is 0.266 e. The van der Waals surface area contributed by atoms with Crippen LogP contribution in [-0.2, 0) is 0 Å². The summed E-state index contributed by atoms with van der Waals surface area (Å²) in [6.45, 7) is 5.50. The molecule has 1 amide bonds. The predicted molar refractivity (Wildman–Crippen MR) is 83.0 cm³/mol. The topological polar surface area (TPSA) is 59.2 Å². The molecule has 4 nitrogen and oxygen atoms in total. The van der Waals surface area contributed by atoms with Crippen molar-refractivity contribution in [2.24, 2.45) is 0 Å². The molecule has 0 radical (unpaired) electrons. The van der Waals surface area contributed by atoms with E-state index in [9.17, 15) is 4.79 Å². The molecule has 0 saturated carbocycles. The van der Waals surface area contributed by atoms with Crippen LogP contribution in [0, 0.1) is 6.92 Å². The summed E-state index contributed by atoms with van der Waals surface area (Å²) in [6, 6.07) is 1.92. The number of pyridine rings is 1. The zero-order valence-corrected chi connectivity index (χ0v) is 12.5. The molecule has 104 valence electrons. The highest BCUT2D eigenvalue weighted by atomic mass is 32.1. The average molecular weight is 287 g/mol. The Labute approximate surface area is 121 Å². The van der Waals surface area contributed by atoms with E-state index in [2.05, 4.69) is 18.0 Å². The molecule has 2 N–H and O–H groups in total. The molecule has 0 aromatic carbocycles. The molecule has 5 heteroatoms. The first-order valence-corrected chi connectivity index (χ1v) is 7.48. The molecule has 0 atom stereocenters. The van der Waals surface area contributed by atoms with Crippen molar-refractivity contribution in [3.05, 3.63) is 34.4 Å². The predicted octanol–water partition coefficient (Wildman–Crippen LogP) is 2.98. The first kappa shape index (κ1) is 13.1. The largest absolute Gasteiger partial charge is 0.397 e. The third-order valence-electron chi connectivity index (χ3n) is 3.65. The summed E-state index contributed by atoms with van der Waals surface area (Å²) >= 11 is 1.39. The Bertz CT molecular complexity index is 717. The van der Waals surface area contributed by atoms with Crippen LogP contribution >= 0.6 is 11.3 Å². The summed E-state index contributed by atoms with van der Waals surface area (Å²) in [5.41, 5.74) is 9.07. The molecule has 0 spiro atoms. The minimum Gasteiger partial charge on any atom is -0.397 e. The summed E-state index contributed by atoms with van der Waals surface area (Å²) < 4.78 is 0. The van der Waals surface area contributed by atoms with Gasteiger partial charge in [0.1, 0.15) is 9.71 Å². The fourth-order valence-electron chi connectivity index (χ4n) is 2.59. The van der Waals surface area contributed by atoms with E-state index in [4.69, 9.17) is 5.73 Å². The molecule has 0 unspecified atom stereocenters. The number of carbonyl (C=O) groups excluding carboxylic acids is 1. The molecule has 1 aliphatic rings. The number of aryl methyl sites for hydroxylation is 1. The number of nitrogens with two attached hydrogens (primary N) is 1. The number of nitrogen functional groups attached to an aromatic ring is 1. The van der Waals surface area contributed by atoms with Gasteiger partial charge in [0.05, 0.1) is 5.69 Å². The Balaban J connectivity index is 2.02. The lowest BCUT2D eigenvalue weighted by Crippen LogP contribution is -2.35. The molecule has 0 bridgehead atoms. The molecular formula is C15H17N3OS. The molecule has 2 aromatic heterocycles. The van der Waals surface area contributed by atoms with E-state index < -0.39 is 0 Å². The Kier molecular flexibility index (Phi) is 3.22. The summed E-state index contributed by atoms with van der Waals surface area (Å²) in [4.78, 5) is 20.3. The number of amides is 1. The standard InChI is InChI=1S/C15H17N3OS/c1-9-4-3-7-18(8-9)15(19)13-12(16)11-10(2)5-6-17-14(11)20-13/h4-6H,3,7-8,16H2,1-2H3. The highest BCUT2D eigenvalue weighted by Crippen LogP contribution is 2.35. The van der Waals surface area contributed by atoms with Crippen LogP contribution in [0.5, 0.6) is 0 Å². The second-order valence-corrected chi connectivity index (χ2v) is 6.22. The lowest BCUT2D eigenvalue weighted by atomic mass is 10.1.